The fraction of sp³-hybridized carbons (Fsp3) is 0.500. The van der Waals surface area contributed by atoms with Gasteiger partial charge in [-0.25, -0.2) is 9.67 Å². The molecule has 8 nitrogen and oxygen atoms in total. The van der Waals surface area contributed by atoms with E-state index in [2.05, 4.69) is 10.1 Å². The van der Waals surface area contributed by atoms with Crippen molar-refractivity contribution >= 4 is 6.29 Å². The zero-order valence-corrected chi connectivity index (χ0v) is 11.7. The Balaban J connectivity index is 1.87. The second kappa shape index (κ2) is 5.73. The molecule has 0 aromatic carbocycles. The SMILES string of the molecule is O=CC1(c2ncn([C@@H]3O[C@H](CO)[C@@H](O)[C@H]3O)n2)C=CC=CC1. The van der Waals surface area contributed by atoms with Gasteiger partial charge < -0.3 is 24.9 Å². The largest absolute Gasteiger partial charge is 0.394 e. The van der Waals surface area contributed by atoms with Gasteiger partial charge in [-0.2, -0.15) is 5.10 Å². The molecule has 0 radical (unpaired) electrons. The summed E-state index contributed by atoms with van der Waals surface area (Å²) in [5, 5.41) is 33.1. The van der Waals surface area contributed by atoms with Crippen LogP contribution in [0.1, 0.15) is 18.5 Å². The van der Waals surface area contributed by atoms with E-state index in [0.717, 1.165) is 6.29 Å². The number of aliphatic hydroxyl groups excluding tert-OH is 3. The summed E-state index contributed by atoms with van der Waals surface area (Å²) < 4.78 is 6.64. The van der Waals surface area contributed by atoms with Gasteiger partial charge >= 0.3 is 0 Å². The number of aldehydes is 1. The van der Waals surface area contributed by atoms with Gasteiger partial charge in [-0.15, -0.1) is 0 Å². The van der Waals surface area contributed by atoms with Gasteiger partial charge in [0.15, 0.2) is 12.1 Å². The lowest BCUT2D eigenvalue weighted by molar-refractivity contribution is -0.111. The first-order chi connectivity index (χ1) is 10.6. The molecule has 3 N–H and O–H groups in total. The van der Waals surface area contributed by atoms with Gasteiger partial charge in [-0.3, -0.25) is 0 Å². The average Bonchev–Trinajstić information content (AvgIpc) is 3.15. The zero-order chi connectivity index (χ0) is 15.7. The molecule has 1 aromatic rings. The lowest BCUT2D eigenvalue weighted by Crippen LogP contribution is -2.33. The van der Waals surface area contributed by atoms with Gasteiger partial charge in [-0.1, -0.05) is 24.3 Å². The van der Waals surface area contributed by atoms with Gasteiger partial charge in [0, 0.05) is 0 Å². The number of hydrogen-bond donors (Lipinski definition) is 3. The zero-order valence-electron chi connectivity index (χ0n) is 11.7. The predicted molar refractivity (Wildman–Crippen MR) is 73.7 cm³/mol. The van der Waals surface area contributed by atoms with Crippen molar-refractivity contribution < 1.29 is 24.9 Å². The molecule has 22 heavy (non-hydrogen) atoms. The number of aromatic nitrogens is 3. The van der Waals surface area contributed by atoms with Crippen molar-refractivity contribution in [2.75, 3.05) is 6.61 Å². The van der Waals surface area contributed by atoms with Crippen LogP contribution in [0.4, 0.5) is 0 Å². The Hall–Kier alpha value is -1.87. The molecule has 0 bridgehead atoms. The van der Waals surface area contributed by atoms with Crippen molar-refractivity contribution in [1.29, 1.82) is 0 Å². The maximum absolute atomic E-state index is 11.5. The lowest BCUT2D eigenvalue weighted by Gasteiger charge is -2.21. The fourth-order valence-electron chi connectivity index (χ4n) is 2.65. The highest BCUT2D eigenvalue weighted by Gasteiger charge is 2.44. The Labute approximate surface area is 126 Å². The normalized spacial score (nSPS) is 37.6. The van der Waals surface area contributed by atoms with Gasteiger partial charge in [0.05, 0.1) is 6.61 Å². The average molecular weight is 307 g/mol. The standard InChI is InChI=1S/C14H17N3O5/c18-6-9-10(20)11(21)12(22-9)17-8-15-13(16-17)14(7-19)4-2-1-3-5-14/h1-4,7-12,18,20-21H,5-6H2/t9-,10-,11-,12-,14?/m1/s1. The summed E-state index contributed by atoms with van der Waals surface area (Å²) in [5.41, 5.74) is -0.932. The van der Waals surface area contributed by atoms with E-state index >= 15 is 0 Å². The Kier molecular flexibility index (Phi) is 3.92. The van der Waals surface area contributed by atoms with E-state index in [4.69, 9.17) is 9.84 Å². The summed E-state index contributed by atoms with van der Waals surface area (Å²) in [4.78, 5) is 15.6. The molecule has 1 saturated heterocycles. The van der Waals surface area contributed by atoms with E-state index in [1.807, 2.05) is 12.2 Å². The minimum Gasteiger partial charge on any atom is -0.394 e. The third kappa shape index (κ3) is 2.30. The van der Waals surface area contributed by atoms with Crippen molar-refractivity contribution in [3.8, 4) is 0 Å². The van der Waals surface area contributed by atoms with Crippen molar-refractivity contribution in [3.63, 3.8) is 0 Å². The van der Waals surface area contributed by atoms with Crippen molar-refractivity contribution in [2.24, 2.45) is 0 Å². The second-order valence-corrected chi connectivity index (χ2v) is 5.43. The number of aliphatic hydroxyl groups is 3. The molecule has 1 fully saturated rings. The lowest BCUT2D eigenvalue weighted by atomic mass is 9.82. The van der Waals surface area contributed by atoms with E-state index < -0.39 is 36.6 Å². The highest BCUT2D eigenvalue weighted by Crippen LogP contribution is 2.31. The maximum Gasteiger partial charge on any atom is 0.180 e. The first-order valence-corrected chi connectivity index (χ1v) is 6.96. The molecule has 0 spiro atoms. The highest BCUT2D eigenvalue weighted by molar-refractivity contribution is 5.71. The van der Waals surface area contributed by atoms with E-state index in [1.165, 1.54) is 11.0 Å². The van der Waals surface area contributed by atoms with Crippen LogP contribution in [-0.4, -0.2) is 61.3 Å². The molecule has 0 amide bonds. The van der Waals surface area contributed by atoms with E-state index in [1.54, 1.807) is 12.2 Å². The van der Waals surface area contributed by atoms with Gasteiger partial charge in [0.1, 0.15) is 36.3 Å². The summed E-state index contributed by atoms with van der Waals surface area (Å²) in [6, 6.07) is 0. The third-order valence-electron chi connectivity index (χ3n) is 4.01. The third-order valence-corrected chi connectivity index (χ3v) is 4.01. The van der Waals surface area contributed by atoms with Crippen molar-refractivity contribution in [2.45, 2.75) is 36.4 Å². The quantitative estimate of drug-likeness (QED) is 0.601. The van der Waals surface area contributed by atoms with Crippen LogP contribution in [0, 0.1) is 0 Å². The summed E-state index contributed by atoms with van der Waals surface area (Å²) in [5.74, 6) is 0.292. The Morgan fingerprint density at radius 2 is 2.23 bits per heavy atom. The van der Waals surface area contributed by atoms with Crippen LogP contribution in [0.15, 0.2) is 30.6 Å². The summed E-state index contributed by atoms with van der Waals surface area (Å²) in [7, 11) is 0. The monoisotopic (exact) mass is 307 g/mol. The van der Waals surface area contributed by atoms with Gasteiger partial charge in [-0.05, 0) is 6.42 Å². The highest BCUT2D eigenvalue weighted by atomic mass is 16.6. The smallest absolute Gasteiger partial charge is 0.180 e. The van der Waals surface area contributed by atoms with Gasteiger partial charge in [0.2, 0.25) is 0 Å². The minimum atomic E-state index is -1.24. The van der Waals surface area contributed by atoms with Crippen LogP contribution in [0.5, 0.6) is 0 Å². The van der Waals surface area contributed by atoms with Crippen LogP contribution in [-0.2, 0) is 14.9 Å². The molecule has 118 valence electrons. The van der Waals surface area contributed by atoms with E-state index in [-0.39, 0.29) is 0 Å². The second-order valence-electron chi connectivity index (χ2n) is 5.43. The Morgan fingerprint density at radius 1 is 1.41 bits per heavy atom. The first kappa shape index (κ1) is 15.0. The van der Waals surface area contributed by atoms with Gasteiger partial charge in [0.25, 0.3) is 0 Å². The number of hydrogen-bond acceptors (Lipinski definition) is 7. The van der Waals surface area contributed by atoms with Crippen LogP contribution in [0.3, 0.4) is 0 Å². The molecular formula is C14H17N3O5. The van der Waals surface area contributed by atoms with E-state index in [0.29, 0.717) is 12.2 Å². The topological polar surface area (TPSA) is 118 Å². The number of carbonyl (C=O) groups is 1. The molecule has 1 aliphatic heterocycles. The van der Waals surface area contributed by atoms with Crippen molar-refractivity contribution in [1.82, 2.24) is 14.8 Å². The summed E-state index contributed by atoms with van der Waals surface area (Å²) in [6.45, 7) is -0.415. The molecule has 3 rings (SSSR count). The molecule has 1 aliphatic carbocycles. The molecule has 1 aromatic heterocycles. The number of rotatable bonds is 4. The van der Waals surface area contributed by atoms with Crippen LogP contribution >= 0.6 is 0 Å². The molecule has 8 heteroatoms. The number of carbonyl (C=O) groups excluding carboxylic acids is 1. The van der Waals surface area contributed by atoms with Crippen LogP contribution < -0.4 is 0 Å². The van der Waals surface area contributed by atoms with Crippen LogP contribution in [0.2, 0.25) is 0 Å². The first-order valence-electron chi connectivity index (χ1n) is 6.96. The van der Waals surface area contributed by atoms with Crippen LogP contribution in [0.25, 0.3) is 0 Å². The molecular weight excluding hydrogens is 290 g/mol. The summed E-state index contributed by atoms with van der Waals surface area (Å²) >= 11 is 0. The Morgan fingerprint density at radius 3 is 2.82 bits per heavy atom. The summed E-state index contributed by atoms with van der Waals surface area (Å²) in [6.07, 6.45) is 5.45. The maximum atomic E-state index is 11.5. The predicted octanol–water partition coefficient (Wildman–Crippen LogP) is -1.16. The molecule has 5 atom stereocenters. The molecule has 0 saturated carbocycles. The fourth-order valence-corrected chi connectivity index (χ4v) is 2.65. The van der Waals surface area contributed by atoms with Crippen molar-refractivity contribution in [3.05, 3.63) is 36.5 Å². The Bertz CT molecular complexity index is 613. The number of nitrogens with zero attached hydrogens (tertiary/aromatic N) is 3. The molecule has 1 unspecified atom stereocenters. The minimum absolute atomic E-state index is 0.292. The molecule has 2 aliphatic rings. The number of ether oxygens (including phenoxy) is 1. The number of allylic oxidation sites excluding steroid dienone is 4. The van der Waals surface area contributed by atoms with E-state index in [9.17, 15) is 15.0 Å². The molecule has 2 heterocycles.